The van der Waals surface area contributed by atoms with Gasteiger partial charge in [-0.25, -0.2) is 0 Å². The maximum absolute atomic E-state index is 13.6. The predicted octanol–water partition coefficient (Wildman–Crippen LogP) is 3.68. The van der Waals surface area contributed by atoms with Crippen LogP contribution in [0.15, 0.2) is 53.6 Å². The Kier molecular flexibility index (Phi) is 4.84. The highest BCUT2D eigenvalue weighted by Crippen LogP contribution is 2.50. The Morgan fingerprint density at radius 3 is 2.59 bits per heavy atom. The van der Waals surface area contributed by atoms with E-state index in [0.717, 1.165) is 48.0 Å². The van der Waals surface area contributed by atoms with Gasteiger partial charge in [-0.05, 0) is 38.9 Å². The zero-order valence-electron chi connectivity index (χ0n) is 16.7. The number of nitrogens with one attached hydrogen (secondary N) is 1. The number of benzene rings is 2. The van der Waals surface area contributed by atoms with Crippen molar-refractivity contribution < 1.29 is 4.79 Å². The van der Waals surface area contributed by atoms with Crippen LogP contribution in [0.5, 0.6) is 0 Å². The minimum absolute atomic E-state index is 0.0894. The van der Waals surface area contributed by atoms with E-state index in [9.17, 15) is 4.79 Å². The van der Waals surface area contributed by atoms with Gasteiger partial charge in [0.2, 0.25) is 4.87 Å². The minimum atomic E-state index is -0.849. The summed E-state index contributed by atoms with van der Waals surface area (Å²) in [4.78, 5) is 17.2. The van der Waals surface area contributed by atoms with Crippen molar-refractivity contribution in [3.63, 3.8) is 0 Å². The first-order valence-corrected chi connectivity index (χ1v) is 11.2. The summed E-state index contributed by atoms with van der Waals surface area (Å²) in [5, 5.41) is 5.44. The molecule has 1 spiro atoms. The molecular weight excluding hydrogens is 380 g/mol. The fourth-order valence-electron chi connectivity index (χ4n) is 4.41. The van der Waals surface area contributed by atoms with Crippen molar-refractivity contribution in [3.8, 4) is 0 Å². The zero-order chi connectivity index (χ0) is 19.8. The second-order valence-corrected chi connectivity index (χ2v) is 9.26. The second kappa shape index (κ2) is 7.50. The van der Waals surface area contributed by atoms with Crippen LogP contribution in [-0.2, 0) is 9.67 Å². The number of piperidine rings is 1. The van der Waals surface area contributed by atoms with Crippen LogP contribution >= 0.6 is 11.8 Å². The molecule has 2 aromatic carbocycles. The molecule has 1 atom stereocenters. The van der Waals surface area contributed by atoms with Gasteiger partial charge in [0, 0.05) is 24.2 Å². The molecule has 6 heteroatoms. The van der Waals surface area contributed by atoms with E-state index in [1.54, 1.807) is 0 Å². The number of aryl methyl sites for hydroxylation is 1. The van der Waals surface area contributed by atoms with E-state index in [-0.39, 0.29) is 5.91 Å². The summed E-state index contributed by atoms with van der Waals surface area (Å²) in [5.74, 6) is 0.0894. The molecule has 0 aliphatic carbocycles. The number of hydrazone groups is 1. The third-order valence-corrected chi connectivity index (χ3v) is 7.38. The van der Waals surface area contributed by atoms with Crippen molar-refractivity contribution in [1.82, 2.24) is 10.3 Å². The normalized spacial score (nSPS) is 24.0. The summed E-state index contributed by atoms with van der Waals surface area (Å²) in [7, 11) is 0. The number of carbonyl (C=O) groups excluding carboxylic acids is 1. The summed E-state index contributed by atoms with van der Waals surface area (Å²) < 4.78 is 0. The first kappa shape index (κ1) is 18.7. The van der Waals surface area contributed by atoms with Gasteiger partial charge in [-0.3, -0.25) is 10.2 Å². The number of thioether (sulfide) groups is 1. The van der Waals surface area contributed by atoms with Crippen LogP contribution in [0.1, 0.15) is 36.0 Å². The van der Waals surface area contributed by atoms with Gasteiger partial charge >= 0.3 is 0 Å². The molecule has 2 aromatic rings. The highest BCUT2D eigenvalue weighted by Gasteiger charge is 2.55. The Labute approximate surface area is 176 Å². The van der Waals surface area contributed by atoms with Crippen LogP contribution in [0.3, 0.4) is 0 Å². The van der Waals surface area contributed by atoms with Crippen LogP contribution in [0.4, 0.5) is 5.69 Å². The molecule has 1 fully saturated rings. The van der Waals surface area contributed by atoms with Crippen LogP contribution in [0, 0.1) is 6.92 Å². The van der Waals surface area contributed by atoms with E-state index in [2.05, 4.69) is 58.7 Å². The highest BCUT2D eigenvalue weighted by molar-refractivity contribution is 8.16. The van der Waals surface area contributed by atoms with Gasteiger partial charge in [-0.15, -0.1) is 0 Å². The van der Waals surface area contributed by atoms with Crippen LogP contribution in [-0.4, -0.2) is 42.0 Å². The molecule has 0 bridgehead atoms. The summed E-state index contributed by atoms with van der Waals surface area (Å²) in [5.41, 5.74) is 7.50. The molecular formula is C23H26N4OS. The number of fused-ring (bicyclic) bond motifs is 2. The van der Waals surface area contributed by atoms with E-state index in [1.165, 1.54) is 36.6 Å². The fraction of sp³-hybridized carbons (Fsp3) is 0.391. The highest BCUT2D eigenvalue weighted by atomic mass is 32.2. The molecule has 0 radical (unpaired) electrons. The maximum Gasteiger partial charge on any atom is 0.269 e. The molecule has 5 nitrogen and oxygen atoms in total. The summed E-state index contributed by atoms with van der Waals surface area (Å²) >= 11 is 1.53. The van der Waals surface area contributed by atoms with Gasteiger partial charge in [0.1, 0.15) is 5.04 Å². The first-order chi connectivity index (χ1) is 14.2. The van der Waals surface area contributed by atoms with Crippen LogP contribution < -0.4 is 10.3 Å². The van der Waals surface area contributed by atoms with Crippen LogP contribution in [0.2, 0.25) is 0 Å². The van der Waals surface area contributed by atoms with Crippen molar-refractivity contribution in [2.75, 3.05) is 31.1 Å². The lowest BCUT2D eigenvalue weighted by atomic mass is 10.1. The topological polar surface area (TPSA) is 47.9 Å². The Bertz CT molecular complexity index is 952. The number of carbonyl (C=O) groups is 1. The average Bonchev–Trinajstić information content (AvgIpc) is 3.30. The first-order valence-electron chi connectivity index (χ1n) is 10.4. The van der Waals surface area contributed by atoms with E-state index < -0.39 is 4.87 Å². The predicted molar refractivity (Wildman–Crippen MR) is 119 cm³/mol. The largest absolute Gasteiger partial charge is 0.308 e. The average molecular weight is 407 g/mol. The Balaban J connectivity index is 1.39. The number of amides is 1. The smallest absolute Gasteiger partial charge is 0.269 e. The number of hydrogen-bond donors (Lipinski definition) is 1. The van der Waals surface area contributed by atoms with Crippen LogP contribution in [0.25, 0.3) is 0 Å². The summed E-state index contributed by atoms with van der Waals surface area (Å²) in [6, 6.07) is 16.4. The molecule has 3 aliphatic rings. The number of hydrogen-bond acceptors (Lipinski definition) is 5. The lowest BCUT2D eigenvalue weighted by Crippen LogP contribution is -2.46. The Hall–Kier alpha value is -2.31. The maximum atomic E-state index is 13.6. The van der Waals surface area contributed by atoms with Gasteiger partial charge in [-0.1, -0.05) is 66.2 Å². The lowest BCUT2D eigenvalue weighted by molar-refractivity contribution is -0.121. The van der Waals surface area contributed by atoms with E-state index in [1.807, 2.05) is 17.0 Å². The Morgan fingerprint density at radius 1 is 1.03 bits per heavy atom. The molecule has 0 unspecified atom stereocenters. The number of likely N-dealkylation sites (tertiary alicyclic amines) is 1. The van der Waals surface area contributed by atoms with Gasteiger partial charge in [-0.2, -0.15) is 5.10 Å². The van der Waals surface area contributed by atoms with E-state index in [0.29, 0.717) is 0 Å². The number of rotatable bonds is 4. The quantitative estimate of drug-likeness (QED) is 0.842. The van der Waals surface area contributed by atoms with Crippen molar-refractivity contribution in [2.24, 2.45) is 5.10 Å². The molecule has 0 aromatic heterocycles. The van der Waals surface area contributed by atoms with Crippen molar-refractivity contribution >= 4 is 28.4 Å². The Morgan fingerprint density at radius 2 is 1.79 bits per heavy atom. The zero-order valence-corrected chi connectivity index (χ0v) is 17.5. The summed E-state index contributed by atoms with van der Waals surface area (Å²) in [6.07, 6.45) is 3.85. The molecule has 3 aliphatic heterocycles. The van der Waals surface area contributed by atoms with Crippen molar-refractivity contribution in [1.29, 1.82) is 0 Å². The third-order valence-electron chi connectivity index (χ3n) is 6.07. The molecule has 5 rings (SSSR count). The van der Waals surface area contributed by atoms with Gasteiger partial charge < -0.3 is 9.80 Å². The van der Waals surface area contributed by atoms with Crippen molar-refractivity contribution in [2.45, 2.75) is 31.1 Å². The monoisotopic (exact) mass is 406 g/mol. The molecule has 1 saturated heterocycles. The minimum Gasteiger partial charge on any atom is -0.308 e. The molecule has 150 valence electrons. The second-order valence-electron chi connectivity index (χ2n) is 8.05. The standard InChI is InChI=1S/C23H26N4OS/c1-17-9-11-18(12-10-17)21-24-25-23(29-21)19-7-3-4-8-20(19)27(22(23)28)16-15-26-13-5-2-6-14-26/h3-4,7-12,25H,2,5-6,13-16H2,1H3/t23-/m0/s1. The number of para-hydroxylation sites is 1. The molecule has 0 saturated carbocycles. The summed E-state index contributed by atoms with van der Waals surface area (Å²) in [6.45, 7) is 6.00. The fourth-order valence-corrected chi connectivity index (χ4v) is 5.62. The molecule has 3 heterocycles. The van der Waals surface area contributed by atoms with E-state index >= 15 is 0 Å². The lowest BCUT2D eigenvalue weighted by Gasteiger charge is -2.29. The van der Waals surface area contributed by atoms with E-state index in [4.69, 9.17) is 0 Å². The number of anilines is 1. The number of nitrogens with zero attached hydrogens (tertiary/aromatic N) is 3. The molecule has 1 amide bonds. The van der Waals surface area contributed by atoms with Gasteiger partial charge in [0.15, 0.2) is 0 Å². The molecule has 29 heavy (non-hydrogen) atoms. The van der Waals surface area contributed by atoms with Gasteiger partial charge in [0.05, 0.1) is 5.69 Å². The molecule has 1 N–H and O–H groups in total. The third kappa shape index (κ3) is 3.24. The van der Waals surface area contributed by atoms with Gasteiger partial charge in [0.25, 0.3) is 5.91 Å². The SMILES string of the molecule is Cc1ccc(C2=NN[C@@]3(S2)C(=O)N(CCN2CCCCC2)c2ccccc23)cc1. The van der Waals surface area contributed by atoms with Crippen molar-refractivity contribution in [3.05, 3.63) is 65.2 Å².